The van der Waals surface area contributed by atoms with Gasteiger partial charge in [0.2, 0.25) is 0 Å². The maximum absolute atomic E-state index is 12.1. The third-order valence-electron chi connectivity index (χ3n) is 1.73. The molecule has 0 radical (unpaired) electrons. The molecule has 1 rings (SSSR count). The molecule has 0 bridgehead atoms. The molecule has 3 nitrogen and oxygen atoms in total. The number of aliphatic carboxylic acids is 1. The van der Waals surface area contributed by atoms with Crippen molar-refractivity contribution < 1.29 is 23.1 Å². The van der Waals surface area contributed by atoms with Crippen LogP contribution in [0.25, 0.3) is 0 Å². The predicted molar refractivity (Wildman–Crippen MR) is 47.6 cm³/mol. The van der Waals surface area contributed by atoms with Gasteiger partial charge in [0.1, 0.15) is 0 Å². The highest BCUT2D eigenvalue weighted by atomic mass is 32.1. The second kappa shape index (κ2) is 4.18. The Balaban J connectivity index is 2.73. The van der Waals surface area contributed by atoms with Crippen LogP contribution in [-0.4, -0.2) is 16.1 Å². The van der Waals surface area contributed by atoms with Crippen LogP contribution in [0.2, 0.25) is 0 Å². The number of hydrogen-bond donors (Lipinski definition) is 1. The van der Waals surface area contributed by atoms with Gasteiger partial charge in [0.15, 0.2) is 5.01 Å². The molecule has 0 aliphatic rings. The van der Waals surface area contributed by atoms with Crippen LogP contribution in [0.3, 0.4) is 0 Å². The minimum absolute atomic E-state index is 0.0158. The highest BCUT2D eigenvalue weighted by Crippen LogP contribution is 2.31. The Kier molecular flexibility index (Phi) is 3.33. The summed E-state index contributed by atoms with van der Waals surface area (Å²) in [4.78, 5) is 13.8. The number of alkyl halides is 3. The Morgan fingerprint density at radius 3 is 2.67 bits per heavy atom. The van der Waals surface area contributed by atoms with Gasteiger partial charge < -0.3 is 5.11 Å². The molecule has 1 aromatic heterocycles. The van der Waals surface area contributed by atoms with Crippen molar-refractivity contribution in [3.63, 3.8) is 0 Å². The van der Waals surface area contributed by atoms with Crippen LogP contribution in [0.15, 0.2) is 5.38 Å². The van der Waals surface area contributed by atoms with Gasteiger partial charge in [-0.15, -0.1) is 11.3 Å². The quantitative estimate of drug-likeness (QED) is 0.881. The second-order valence-electron chi connectivity index (χ2n) is 3.09. The molecule has 0 fully saturated rings. The molecule has 0 amide bonds. The van der Waals surface area contributed by atoms with E-state index in [1.54, 1.807) is 0 Å². The number of aromatic nitrogens is 1. The second-order valence-corrected chi connectivity index (χ2v) is 3.94. The van der Waals surface area contributed by atoms with Gasteiger partial charge in [-0.3, -0.25) is 4.79 Å². The van der Waals surface area contributed by atoms with E-state index in [1.807, 2.05) is 0 Å². The van der Waals surface area contributed by atoms with Crippen molar-refractivity contribution in [1.82, 2.24) is 4.98 Å². The maximum atomic E-state index is 12.1. The first-order valence-electron chi connectivity index (χ1n) is 4.05. The molecular formula is C8H8F3NO2S. The van der Waals surface area contributed by atoms with E-state index in [0.29, 0.717) is 11.3 Å². The SMILES string of the molecule is CC(Cc1csc(C(F)(F)F)n1)C(=O)O. The molecule has 0 spiro atoms. The van der Waals surface area contributed by atoms with E-state index in [2.05, 4.69) is 4.98 Å². The van der Waals surface area contributed by atoms with E-state index in [4.69, 9.17) is 5.11 Å². The Hall–Kier alpha value is -1.11. The van der Waals surface area contributed by atoms with Crippen LogP contribution < -0.4 is 0 Å². The van der Waals surface area contributed by atoms with Crippen LogP contribution in [0.5, 0.6) is 0 Å². The average molecular weight is 239 g/mol. The summed E-state index contributed by atoms with van der Waals surface area (Å²) in [6.07, 6.45) is -4.43. The minimum Gasteiger partial charge on any atom is -0.481 e. The van der Waals surface area contributed by atoms with E-state index in [1.165, 1.54) is 12.3 Å². The molecule has 0 saturated heterocycles. The standard InChI is InChI=1S/C8H8F3NO2S/c1-4(6(13)14)2-5-3-15-7(12-5)8(9,10)11/h3-4H,2H2,1H3,(H,13,14). The number of rotatable bonds is 3. The van der Waals surface area contributed by atoms with Crippen molar-refractivity contribution in [2.45, 2.75) is 19.5 Å². The number of carboxylic acids is 1. The molecule has 1 unspecified atom stereocenters. The zero-order chi connectivity index (χ0) is 11.6. The highest BCUT2D eigenvalue weighted by molar-refractivity contribution is 7.09. The van der Waals surface area contributed by atoms with Crippen LogP contribution >= 0.6 is 11.3 Å². The summed E-state index contributed by atoms with van der Waals surface area (Å²) in [5.74, 6) is -1.77. The largest absolute Gasteiger partial charge is 0.481 e. The summed E-state index contributed by atoms with van der Waals surface area (Å²) >= 11 is 0.481. The van der Waals surface area contributed by atoms with Crippen molar-refractivity contribution in [3.8, 4) is 0 Å². The smallest absolute Gasteiger partial charge is 0.443 e. The van der Waals surface area contributed by atoms with E-state index in [0.717, 1.165) is 0 Å². The van der Waals surface area contributed by atoms with Gasteiger partial charge in [0.05, 0.1) is 11.6 Å². The third kappa shape index (κ3) is 3.19. The average Bonchev–Trinajstić information content (AvgIpc) is 2.51. The molecule has 0 aliphatic carbocycles. The van der Waals surface area contributed by atoms with Crippen molar-refractivity contribution in [2.24, 2.45) is 5.92 Å². The fraction of sp³-hybridized carbons (Fsp3) is 0.500. The van der Waals surface area contributed by atoms with Gasteiger partial charge >= 0.3 is 12.1 Å². The Labute approximate surface area is 87.6 Å². The Morgan fingerprint density at radius 2 is 2.27 bits per heavy atom. The minimum atomic E-state index is -4.45. The summed E-state index contributed by atoms with van der Waals surface area (Å²) in [6.45, 7) is 1.43. The van der Waals surface area contributed by atoms with Gasteiger partial charge in [-0.25, -0.2) is 4.98 Å². The predicted octanol–water partition coefficient (Wildman–Crippen LogP) is 2.43. The zero-order valence-electron chi connectivity index (χ0n) is 7.71. The molecule has 0 aromatic carbocycles. The fourth-order valence-electron chi connectivity index (χ4n) is 0.932. The van der Waals surface area contributed by atoms with E-state index in [9.17, 15) is 18.0 Å². The summed E-state index contributed by atoms with van der Waals surface area (Å²) in [5.41, 5.74) is 0.169. The van der Waals surface area contributed by atoms with Crippen molar-refractivity contribution >= 4 is 17.3 Å². The summed E-state index contributed by atoms with van der Waals surface area (Å²) in [6, 6.07) is 0. The fourth-order valence-corrected chi connectivity index (χ4v) is 1.63. The van der Waals surface area contributed by atoms with E-state index < -0.39 is 23.1 Å². The molecule has 1 atom stereocenters. The topological polar surface area (TPSA) is 50.2 Å². The van der Waals surface area contributed by atoms with Gasteiger partial charge in [0.25, 0.3) is 0 Å². The Morgan fingerprint density at radius 1 is 1.67 bits per heavy atom. The van der Waals surface area contributed by atoms with Crippen LogP contribution in [-0.2, 0) is 17.4 Å². The van der Waals surface area contributed by atoms with Gasteiger partial charge in [-0.2, -0.15) is 13.2 Å². The first-order valence-corrected chi connectivity index (χ1v) is 4.93. The molecule has 7 heteroatoms. The first-order chi connectivity index (χ1) is 6.80. The normalized spacial score (nSPS) is 13.9. The lowest BCUT2D eigenvalue weighted by Crippen LogP contribution is -2.13. The number of thiazole rings is 1. The lowest BCUT2D eigenvalue weighted by Gasteiger charge is -2.02. The van der Waals surface area contributed by atoms with Gasteiger partial charge in [0, 0.05) is 11.8 Å². The number of carbonyl (C=O) groups is 1. The monoisotopic (exact) mass is 239 g/mol. The molecule has 84 valence electrons. The summed E-state index contributed by atoms with van der Waals surface area (Å²) in [5, 5.41) is 8.87. The lowest BCUT2D eigenvalue weighted by atomic mass is 10.1. The molecule has 0 aliphatic heterocycles. The van der Waals surface area contributed by atoms with Crippen molar-refractivity contribution in [1.29, 1.82) is 0 Å². The van der Waals surface area contributed by atoms with Gasteiger partial charge in [-0.05, 0) is 0 Å². The molecular weight excluding hydrogens is 231 g/mol. The molecule has 0 saturated carbocycles. The molecule has 15 heavy (non-hydrogen) atoms. The molecule has 1 heterocycles. The van der Waals surface area contributed by atoms with Crippen molar-refractivity contribution in [3.05, 3.63) is 16.1 Å². The van der Waals surface area contributed by atoms with Crippen LogP contribution in [0, 0.1) is 5.92 Å². The molecule has 1 aromatic rings. The number of nitrogens with zero attached hydrogens (tertiary/aromatic N) is 1. The van der Waals surface area contributed by atoms with Crippen molar-refractivity contribution in [2.75, 3.05) is 0 Å². The third-order valence-corrected chi connectivity index (χ3v) is 2.67. The highest BCUT2D eigenvalue weighted by Gasteiger charge is 2.34. The zero-order valence-corrected chi connectivity index (χ0v) is 8.52. The van der Waals surface area contributed by atoms with Crippen LogP contribution in [0.1, 0.15) is 17.6 Å². The maximum Gasteiger partial charge on any atom is 0.443 e. The lowest BCUT2D eigenvalue weighted by molar-refractivity contribution is -0.141. The summed E-state index contributed by atoms with van der Waals surface area (Å²) in [7, 11) is 0. The van der Waals surface area contributed by atoms with E-state index in [-0.39, 0.29) is 12.1 Å². The first kappa shape index (κ1) is 12.0. The number of carboxylic acid groups (broad SMARTS) is 1. The van der Waals surface area contributed by atoms with E-state index >= 15 is 0 Å². The van der Waals surface area contributed by atoms with Crippen LogP contribution in [0.4, 0.5) is 13.2 Å². The van der Waals surface area contributed by atoms with Gasteiger partial charge in [-0.1, -0.05) is 6.92 Å². The number of hydrogen-bond acceptors (Lipinski definition) is 3. The number of halogens is 3. The summed E-state index contributed by atoms with van der Waals surface area (Å²) < 4.78 is 36.4. The Bertz CT molecular complexity index is 361. The molecule has 1 N–H and O–H groups in total.